The van der Waals surface area contributed by atoms with E-state index in [0.29, 0.717) is 20.9 Å². The number of rotatable bonds is 5. The number of alkyl halides is 1. The van der Waals surface area contributed by atoms with Gasteiger partial charge in [0.15, 0.2) is 0 Å². The van der Waals surface area contributed by atoms with Crippen LogP contribution in [0.5, 0.6) is 0 Å². The number of halogens is 3. The Bertz CT molecular complexity index is 624. The molecule has 0 radical (unpaired) electrons. The summed E-state index contributed by atoms with van der Waals surface area (Å²) in [6.07, 6.45) is 0.473. The minimum absolute atomic E-state index is 0.112. The highest BCUT2D eigenvalue weighted by atomic mass is 79.9. The summed E-state index contributed by atoms with van der Waals surface area (Å²) in [7, 11) is -3.52. The van der Waals surface area contributed by atoms with E-state index in [1.807, 2.05) is 0 Å². The Kier molecular flexibility index (Phi) is 5.57. The lowest BCUT2D eigenvalue weighted by Crippen LogP contribution is -2.31. The zero-order valence-corrected chi connectivity index (χ0v) is 14.9. The predicted octanol–water partition coefficient (Wildman–Crippen LogP) is 2.93. The highest BCUT2D eigenvalue weighted by molar-refractivity contribution is 9.09. The first-order valence-electron chi connectivity index (χ1n) is 5.93. The molecule has 1 aromatic rings. The van der Waals surface area contributed by atoms with E-state index in [-0.39, 0.29) is 13.2 Å². The second-order valence-electron chi connectivity index (χ2n) is 4.55. The van der Waals surface area contributed by atoms with Gasteiger partial charge in [0.1, 0.15) is 6.10 Å². The van der Waals surface area contributed by atoms with Gasteiger partial charge in [-0.2, -0.15) is 8.42 Å². The Morgan fingerprint density at radius 2 is 2.19 bits per heavy atom. The van der Waals surface area contributed by atoms with Crippen molar-refractivity contribution in [2.75, 3.05) is 24.8 Å². The van der Waals surface area contributed by atoms with E-state index in [0.717, 1.165) is 6.26 Å². The first kappa shape index (κ1) is 17.5. The maximum Gasteiger partial charge on any atom is 0.264 e. The smallest absolute Gasteiger partial charge is 0.264 e. The number of hydrogen-bond donors (Lipinski definition) is 0. The summed E-state index contributed by atoms with van der Waals surface area (Å²) in [5.41, 5.74) is 0.618. The summed E-state index contributed by atoms with van der Waals surface area (Å²) in [6, 6.07) is 4.99. The van der Waals surface area contributed by atoms with Gasteiger partial charge in [0.25, 0.3) is 10.1 Å². The fourth-order valence-corrected chi connectivity index (χ4v) is 3.48. The van der Waals surface area contributed by atoms with Crippen LogP contribution in [-0.2, 0) is 29.6 Å². The summed E-state index contributed by atoms with van der Waals surface area (Å²) < 4.78 is 38.3. The highest BCUT2D eigenvalue weighted by Gasteiger charge is 2.44. The summed E-state index contributed by atoms with van der Waals surface area (Å²) >= 11 is 15.4. The summed E-state index contributed by atoms with van der Waals surface area (Å²) in [6.45, 7) is 0.0822. The van der Waals surface area contributed by atoms with Gasteiger partial charge in [0, 0.05) is 10.6 Å². The molecule has 1 aliphatic rings. The molecule has 0 N–H and O–H groups in total. The van der Waals surface area contributed by atoms with Crippen molar-refractivity contribution in [2.24, 2.45) is 0 Å². The molecule has 0 aromatic heterocycles. The minimum Gasteiger partial charge on any atom is -0.342 e. The van der Waals surface area contributed by atoms with Crippen molar-refractivity contribution in [1.29, 1.82) is 0 Å². The number of hydrogen-bond acceptors (Lipinski definition) is 5. The van der Waals surface area contributed by atoms with Crippen LogP contribution >= 0.6 is 39.1 Å². The molecule has 9 heteroatoms. The predicted molar refractivity (Wildman–Crippen MR) is 83.6 cm³/mol. The quantitative estimate of drug-likeness (QED) is 0.542. The molecule has 0 aliphatic carbocycles. The zero-order chi connectivity index (χ0) is 15.7. The van der Waals surface area contributed by atoms with Crippen LogP contribution in [0, 0.1) is 0 Å². The molecule has 2 atom stereocenters. The lowest BCUT2D eigenvalue weighted by molar-refractivity contribution is -0.159. The summed E-state index contributed by atoms with van der Waals surface area (Å²) in [5, 5.41) is 1.24. The normalized spacial score (nSPS) is 26.2. The van der Waals surface area contributed by atoms with E-state index < -0.39 is 22.0 Å². The second kappa shape index (κ2) is 6.70. The molecule has 0 bridgehead atoms. The van der Waals surface area contributed by atoms with E-state index in [9.17, 15) is 8.42 Å². The van der Waals surface area contributed by atoms with Crippen molar-refractivity contribution < 1.29 is 22.1 Å². The Balaban J connectivity index is 2.17. The van der Waals surface area contributed by atoms with Crippen molar-refractivity contribution in [2.45, 2.75) is 11.9 Å². The Morgan fingerprint density at radius 1 is 1.48 bits per heavy atom. The third-order valence-corrected chi connectivity index (χ3v) is 4.70. The van der Waals surface area contributed by atoms with Crippen molar-refractivity contribution in [1.82, 2.24) is 0 Å². The standard InChI is InChI=1S/C12H13BrCl2O5S/c1-21(16,17)19-6-9-5-18-12(7-13,20-9)10-3-2-8(14)4-11(10)15/h2-4,9H,5-7H2,1H3. The van der Waals surface area contributed by atoms with Crippen LogP contribution in [0.3, 0.4) is 0 Å². The molecule has 2 rings (SSSR count). The third-order valence-electron chi connectivity index (χ3n) is 2.84. The zero-order valence-electron chi connectivity index (χ0n) is 11.0. The van der Waals surface area contributed by atoms with Crippen molar-refractivity contribution in [3.8, 4) is 0 Å². The van der Waals surface area contributed by atoms with Crippen LogP contribution < -0.4 is 0 Å². The molecule has 21 heavy (non-hydrogen) atoms. The van der Waals surface area contributed by atoms with E-state index in [1.165, 1.54) is 0 Å². The van der Waals surface area contributed by atoms with Gasteiger partial charge in [0.05, 0.1) is 29.8 Å². The van der Waals surface area contributed by atoms with E-state index in [4.69, 9.17) is 36.9 Å². The molecular formula is C12H13BrCl2O5S. The molecule has 1 aromatic carbocycles. The molecule has 0 spiro atoms. The number of benzene rings is 1. The van der Waals surface area contributed by atoms with E-state index in [2.05, 4.69) is 15.9 Å². The molecule has 1 saturated heterocycles. The van der Waals surface area contributed by atoms with Crippen LogP contribution in [-0.4, -0.2) is 39.3 Å². The molecule has 1 fully saturated rings. The monoisotopic (exact) mass is 418 g/mol. The topological polar surface area (TPSA) is 61.8 Å². The first-order chi connectivity index (χ1) is 9.76. The fraction of sp³-hybridized carbons (Fsp3) is 0.500. The van der Waals surface area contributed by atoms with Gasteiger partial charge in [0.2, 0.25) is 5.79 Å². The average molecular weight is 420 g/mol. The second-order valence-corrected chi connectivity index (χ2v) is 7.60. The highest BCUT2D eigenvalue weighted by Crippen LogP contribution is 2.40. The maximum atomic E-state index is 11.0. The van der Waals surface area contributed by atoms with Crippen LogP contribution in [0.15, 0.2) is 18.2 Å². The van der Waals surface area contributed by atoms with Gasteiger partial charge in [-0.25, -0.2) is 0 Å². The van der Waals surface area contributed by atoms with Gasteiger partial charge in [-0.1, -0.05) is 45.2 Å². The van der Waals surface area contributed by atoms with E-state index in [1.54, 1.807) is 18.2 Å². The molecule has 5 nitrogen and oxygen atoms in total. The minimum atomic E-state index is -3.52. The lowest BCUT2D eigenvalue weighted by Gasteiger charge is -2.27. The molecule has 0 saturated carbocycles. The Morgan fingerprint density at radius 3 is 2.76 bits per heavy atom. The summed E-state index contributed by atoms with van der Waals surface area (Å²) in [5.74, 6) is -1.09. The maximum absolute atomic E-state index is 11.0. The number of ether oxygens (including phenoxy) is 2. The van der Waals surface area contributed by atoms with Gasteiger partial charge in [-0.3, -0.25) is 4.18 Å². The van der Waals surface area contributed by atoms with Crippen LogP contribution in [0.2, 0.25) is 10.0 Å². The lowest BCUT2D eigenvalue weighted by atomic mass is 10.1. The summed E-state index contributed by atoms with van der Waals surface area (Å²) in [4.78, 5) is 0. The fourth-order valence-electron chi connectivity index (χ4n) is 1.93. The van der Waals surface area contributed by atoms with Crippen LogP contribution in [0.25, 0.3) is 0 Å². The first-order valence-corrected chi connectivity index (χ1v) is 9.63. The molecule has 1 heterocycles. The van der Waals surface area contributed by atoms with Gasteiger partial charge in [-0.05, 0) is 12.1 Å². The largest absolute Gasteiger partial charge is 0.342 e. The molecule has 118 valence electrons. The van der Waals surface area contributed by atoms with E-state index >= 15 is 0 Å². The molecular weight excluding hydrogens is 407 g/mol. The van der Waals surface area contributed by atoms with Crippen molar-refractivity contribution in [3.63, 3.8) is 0 Å². The Labute approximate surface area is 141 Å². The van der Waals surface area contributed by atoms with Crippen molar-refractivity contribution in [3.05, 3.63) is 33.8 Å². The average Bonchev–Trinajstić information content (AvgIpc) is 2.80. The molecule has 1 aliphatic heterocycles. The third kappa shape index (κ3) is 4.31. The van der Waals surface area contributed by atoms with Crippen LogP contribution in [0.4, 0.5) is 0 Å². The SMILES string of the molecule is CS(=O)(=O)OCC1COC(CBr)(c2ccc(Cl)cc2Cl)O1. The van der Waals surface area contributed by atoms with Crippen LogP contribution in [0.1, 0.15) is 5.56 Å². The Hall–Kier alpha value is 0.110. The molecule has 2 unspecified atom stereocenters. The van der Waals surface area contributed by atoms with Gasteiger partial charge in [-0.15, -0.1) is 0 Å². The molecule has 0 amide bonds. The van der Waals surface area contributed by atoms with Gasteiger partial charge < -0.3 is 9.47 Å². The van der Waals surface area contributed by atoms with Crippen molar-refractivity contribution >= 4 is 49.2 Å². The van der Waals surface area contributed by atoms with Gasteiger partial charge >= 0.3 is 0 Å².